The molecule has 0 heteroatoms. The zero-order valence-corrected chi connectivity index (χ0v) is 6.44. The van der Waals surface area contributed by atoms with Gasteiger partial charge in [0.1, 0.15) is 0 Å². The molecular formula is C9H14. The van der Waals surface area contributed by atoms with Gasteiger partial charge in [-0.3, -0.25) is 0 Å². The first kappa shape index (κ1) is 6.64. The quantitative estimate of drug-likeness (QED) is 0.433. The highest BCUT2D eigenvalue weighted by atomic mass is 14.2. The number of hydrogen-bond donors (Lipinski definition) is 0. The van der Waals surface area contributed by atoms with Gasteiger partial charge >= 0.3 is 0 Å². The van der Waals surface area contributed by atoms with E-state index in [9.17, 15) is 0 Å². The highest BCUT2D eigenvalue weighted by molar-refractivity contribution is 5.03. The summed E-state index contributed by atoms with van der Waals surface area (Å²) in [5.41, 5.74) is 3.56. The predicted octanol–water partition coefficient (Wildman–Crippen LogP) is 2.76. The first-order valence-electron chi connectivity index (χ1n) is 3.54. The van der Waals surface area contributed by atoms with E-state index in [2.05, 4.69) is 38.7 Å². The van der Waals surface area contributed by atoms with E-state index in [0.717, 1.165) is 0 Å². The Morgan fingerprint density at radius 1 is 1.56 bits per heavy atom. The lowest BCUT2D eigenvalue weighted by Gasteiger charge is -2.24. The van der Waals surface area contributed by atoms with Crippen LogP contribution in [0.3, 0.4) is 0 Å². The molecule has 0 aromatic rings. The molecule has 0 aromatic heterocycles. The Morgan fingerprint density at radius 2 is 2.22 bits per heavy atom. The van der Waals surface area contributed by atoms with Crippen LogP contribution in [0.5, 0.6) is 0 Å². The van der Waals surface area contributed by atoms with E-state index in [1.54, 1.807) is 0 Å². The standard InChI is InChI=1S/C9H14/c1-8-5-4-6-9(2,3)7-8/h5-6,8H,7H2,1-3H3. The molecule has 0 nitrogen and oxygen atoms in total. The van der Waals surface area contributed by atoms with Gasteiger partial charge in [0.05, 0.1) is 0 Å². The first-order valence-corrected chi connectivity index (χ1v) is 3.54. The van der Waals surface area contributed by atoms with Gasteiger partial charge in [0, 0.05) is 0 Å². The molecule has 1 atom stereocenters. The third-order valence-electron chi connectivity index (χ3n) is 1.70. The fourth-order valence-corrected chi connectivity index (χ4v) is 1.39. The molecule has 0 heterocycles. The zero-order valence-electron chi connectivity index (χ0n) is 6.44. The van der Waals surface area contributed by atoms with Gasteiger partial charge in [-0.05, 0) is 29.9 Å². The van der Waals surface area contributed by atoms with Crippen LogP contribution < -0.4 is 0 Å². The van der Waals surface area contributed by atoms with Crippen LogP contribution in [-0.2, 0) is 0 Å². The van der Waals surface area contributed by atoms with Crippen molar-refractivity contribution in [3.05, 3.63) is 17.9 Å². The summed E-state index contributed by atoms with van der Waals surface area (Å²) in [6.45, 7) is 6.74. The average molecular weight is 122 g/mol. The van der Waals surface area contributed by atoms with Gasteiger partial charge < -0.3 is 0 Å². The summed E-state index contributed by atoms with van der Waals surface area (Å²) in [5.74, 6) is 0.713. The second kappa shape index (κ2) is 2.04. The van der Waals surface area contributed by atoms with E-state index in [1.807, 2.05) is 0 Å². The van der Waals surface area contributed by atoms with Crippen molar-refractivity contribution in [1.82, 2.24) is 0 Å². The van der Waals surface area contributed by atoms with Crippen LogP contribution in [0.4, 0.5) is 0 Å². The molecule has 1 aliphatic carbocycles. The van der Waals surface area contributed by atoms with Crippen LogP contribution in [0, 0.1) is 11.3 Å². The van der Waals surface area contributed by atoms with Gasteiger partial charge in [0.15, 0.2) is 0 Å². The molecule has 0 N–H and O–H groups in total. The monoisotopic (exact) mass is 122 g/mol. The maximum absolute atomic E-state index is 3.17. The van der Waals surface area contributed by atoms with Gasteiger partial charge in [0.25, 0.3) is 0 Å². The van der Waals surface area contributed by atoms with Crippen molar-refractivity contribution in [3.8, 4) is 0 Å². The molecule has 1 unspecified atom stereocenters. The lowest BCUT2D eigenvalue weighted by atomic mass is 9.81. The van der Waals surface area contributed by atoms with Crippen LogP contribution in [0.25, 0.3) is 0 Å². The number of rotatable bonds is 0. The average Bonchev–Trinajstić information content (AvgIpc) is 1.60. The van der Waals surface area contributed by atoms with Crippen LogP contribution in [0.1, 0.15) is 27.2 Å². The first-order chi connectivity index (χ1) is 4.10. The molecule has 0 saturated heterocycles. The maximum atomic E-state index is 3.17. The smallest absolute Gasteiger partial charge is 0.00934 e. The highest BCUT2D eigenvalue weighted by Gasteiger charge is 2.18. The molecule has 0 fully saturated rings. The van der Waals surface area contributed by atoms with Crippen molar-refractivity contribution < 1.29 is 0 Å². The SMILES string of the molecule is CC1C=C=CC(C)(C)C1. The fraction of sp³-hybridized carbons (Fsp3) is 0.667. The molecule has 0 aromatic carbocycles. The zero-order chi connectivity index (χ0) is 6.91. The van der Waals surface area contributed by atoms with Gasteiger partial charge in [-0.25, -0.2) is 0 Å². The van der Waals surface area contributed by atoms with Crippen LogP contribution in [-0.4, -0.2) is 0 Å². The number of allylic oxidation sites excluding steroid dienone is 1. The Morgan fingerprint density at radius 3 is 2.56 bits per heavy atom. The lowest BCUT2D eigenvalue weighted by Crippen LogP contribution is -2.13. The molecule has 1 rings (SSSR count). The summed E-state index contributed by atoms with van der Waals surface area (Å²) < 4.78 is 0. The summed E-state index contributed by atoms with van der Waals surface area (Å²) in [6.07, 6.45) is 5.57. The van der Waals surface area contributed by atoms with Crippen molar-refractivity contribution in [2.75, 3.05) is 0 Å². The molecular weight excluding hydrogens is 108 g/mol. The maximum Gasteiger partial charge on any atom is -0.00934 e. The minimum Gasteiger partial charge on any atom is -0.129 e. The van der Waals surface area contributed by atoms with Crippen molar-refractivity contribution in [1.29, 1.82) is 0 Å². The van der Waals surface area contributed by atoms with E-state index >= 15 is 0 Å². The summed E-state index contributed by atoms with van der Waals surface area (Å²) in [5, 5.41) is 0. The summed E-state index contributed by atoms with van der Waals surface area (Å²) in [7, 11) is 0. The highest BCUT2D eigenvalue weighted by Crippen LogP contribution is 2.29. The molecule has 0 bridgehead atoms. The molecule has 1 aliphatic rings. The van der Waals surface area contributed by atoms with Crippen LogP contribution in [0.15, 0.2) is 17.9 Å². The Bertz CT molecular complexity index is 157. The number of hydrogen-bond acceptors (Lipinski definition) is 0. The van der Waals surface area contributed by atoms with E-state index < -0.39 is 0 Å². The minimum atomic E-state index is 0.383. The third kappa shape index (κ3) is 1.73. The van der Waals surface area contributed by atoms with Crippen molar-refractivity contribution >= 4 is 0 Å². The van der Waals surface area contributed by atoms with Crippen molar-refractivity contribution in [2.24, 2.45) is 11.3 Å². The van der Waals surface area contributed by atoms with E-state index in [0.29, 0.717) is 11.3 Å². The molecule has 50 valence electrons. The molecule has 9 heavy (non-hydrogen) atoms. The molecule has 0 saturated carbocycles. The predicted molar refractivity (Wildman–Crippen MR) is 40.2 cm³/mol. The van der Waals surface area contributed by atoms with E-state index in [-0.39, 0.29) is 0 Å². The van der Waals surface area contributed by atoms with Crippen LogP contribution in [0.2, 0.25) is 0 Å². The molecule has 0 aliphatic heterocycles. The van der Waals surface area contributed by atoms with Gasteiger partial charge in [-0.1, -0.05) is 20.8 Å². The van der Waals surface area contributed by atoms with Gasteiger partial charge in [-0.2, -0.15) is 0 Å². The third-order valence-corrected chi connectivity index (χ3v) is 1.70. The Balaban J connectivity index is 2.78. The fourth-order valence-electron chi connectivity index (χ4n) is 1.39. The Labute approximate surface area is 57.3 Å². The summed E-state index contributed by atoms with van der Waals surface area (Å²) in [4.78, 5) is 0. The Hall–Kier alpha value is -0.480. The summed E-state index contributed by atoms with van der Waals surface area (Å²) >= 11 is 0. The minimum absolute atomic E-state index is 0.383. The normalized spacial score (nSPS) is 30.8. The second-order valence-electron chi connectivity index (χ2n) is 3.65. The topological polar surface area (TPSA) is 0 Å². The molecule has 0 amide bonds. The van der Waals surface area contributed by atoms with E-state index in [4.69, 9.17) is 0 Å². The second-order valence-corrected chi connectivity index (χ2v) is 3.65. The molecule has 0 spiro atoms. The lowest BCUT2D eigenvalue weighted by molar-refractivity contribution is 0.379. The Kier molecular flexibility index (Phi) is 1.50. The van der Waals surface area contributed by atoms with Gasteiger partial charge in [-0.15, -0.1) is 5.73 Å². The summed E-state index contributed by atoms with van der Waals surface area (Å²) in [6, 6.07) is 0. The van der Waals surface area contributed by atoms with E-state index in [1.165, 1.54) is 6.42 Å². The molecule has 0 radical (unpaired) electrons. The largest absolute Gasteiger partial charge is 0.129 e. The van der Waals surface area contributed by atoms with Crippen LogP contribution >= 0.6 is 0 Å². The van der Waals surface area contributed by atoms with Crippen molar-refractivity contribution in [3.63, 3.8) is 0 Å². The van der Waals surface area contributed by atoms with Gasteiger partial charge in [0.2, 0.25) is 0 Å². The van der Waals surface area contributed by atoms with Crippen molar-refractivity contribution in [2.45, 2.75) is 27.2 Å².